The summed E-state index contributed by atoms with van der Waals surface area (Å²) in [6.07, 6.45) is 0. The molecule has 1 amide bonds. The first-order valence-corrected chi connectivity index (χ1v) is 5.67. The minimum Gasteiger partial charge on any atom is -0.347 e. The van der Waals surface area contributed by atoms with E-state index in [1.807, 2.05) is 45.9 Å². The number of carbonyl (C=O) groups excluding carboxylic acids is 1. The van der Waals surface area contributed by atoms with Crippen LogP contribution in [0.5, 0.6) is 0 Å². The van der Waals surface area contributed by atoms with E-state index in [-0.39, 0.29) is 11.4 Å². The van der Waals surface area contributed by atoms with Crippen LogP contribution in [-0.4, -0.2) is 11.4 Å². The molecule has 0 aliphatic carbocycles. The molecule has 3 heteroatoms. The Morgan fingerprint density at radius 1 is 1.33 bits per heavy atom. The monoisotopic (exact) mass is 269 g/mol. The summed E-state index contributed by atoms with van der Waals surface area (Å²) in [6, 6.07) is 5.61. The van der Waals surface area contributed by atoms with Crippen molar-refractivity contribution in [3.8, 4) is 0 Å². The van der Waals surface area contributed by atoms with Gasteiger partial charge in [0, 0.05) is 15.6 Å². The maximum Gasteiger partial charge on any atom is 0.251 e. The van der Waals surface area contributed by atoms with Gasteiger partial charge in [-0.1, -0.05) is 22.0 Å². The van der Waals surface area contributed by atoms with E-state index >= 15 is 0 Å². The Morgan fingerprint density at radius 3 is 2.40 bits per heavy atom. The van der Waals surface area contributed by atoms with E-state index in [1.165, 1.54) is 0 Å². The molecule has 0 bridgehead atoms. The summed E-state index contributed by atoms with van der Waals surface area (Å²) in [5, 5.41) is 2.92. The number of benzene rings is 1. The molecule has 0 radical (unpaired) electrons. The summed E-state index contributed by atoms with van der Waals surface area (Å²) in [5.74, 6) is -0.0387. The summed E-state index contributed by atoms with van der Waals surface area (Å²) >= 11 is 3.41. The van der Waals surface area contributed by atoms with Crippen molar-refractivity contribution in [2.45, 2.75) is 33.2 Å². The molecule has 0 atom stereocenters. The fraction of sp³-hybridized carbons (Fsp3) is 0.417. The fourth-order valence-electron chi connectivity index (χ4n) is 1.15. The van der Waals surface area contributed by atoms with Gasteiger partial charge in [-0.25, -0.2) is 0 Å². The molecule has 0 aliphatic rings. The first-order valence-electron chi connectivity index (χ1n) is 4.88. The lowest BCUT2D eigenvalue weighted by Gasteiger charge is -2.20. The molecule has 2 nitrogen and oxygen atoms in total. The molecule has 15 heavy (non-hydrogen) atoms. The average Bonchev–Trinajstić information content (AvgIpc) is 2.06. The molecule has 82 valence electrons. The van der Waals surface area contributed by atoms with Crippen LogP contribution in [0.2, 0.25) is 0 Å². The molecule has 0 saturated heterocycles. The third-order valence-electron chi connectivity index (χ3n) is 1.92. The smallest absolute Gasteiger partial charge is 0.251 e. The van der Waals surface area contributed by atoms with Crippen molar-refractivity contribution in [3.63, 3.8) is 0 Å². The topological polar surface area (TPSA) is 29.1 Å². The zero-order valence-corrected chi connectivity index (χ0v) is 11.1. The minimum atomic E-state index is -0.200. The summed E-state index contributed by atoms with van der Waals surface area (Å²) in [5.41, 5.74) is 1.61. The number of carbonyl (C=O) groups is 1. The van der Waals surface area contributed by atoms with Gasteiger partial charge in [-0.05, 0) is 45.4 Å². The second-order valence-corrected chi connectivity index (χ2v) is 5.52. The minimum absolute atomic E-state index is 0.0387. The molecule has 0 aliphatic heterocycles. The molecule has 0 spiro atoms. The zero-order chi connectivity index (χ0) is 11.6. The lowest BCUT2D eigenvalue weighted by molar-refractivity contribution is 0.0919. The number of hydrogen-bond acceptors (Lipinski definition) is 1. The number of halogens is 1. The molecule has 1 N–H and O–H groups in total. The Hall–Kier alpha value is -0.830. The summed E-state index contributed by atoms with van der Waals surface area (Å²) in [7, 11) is 0. The van der Waals surface area contributed by atoms with Gasteiger partial charge < -0.3 is 5.32 Å². The summed E-state index contributed by atoms with van der Waals surface area (Å²) < 4.78 is 0.962. The third kappa shape index (κ3) is 3.67. The van der Waals surface area contributed by atoms with Gasteiger partial charge in [0.1, 0.15) is 0 Å². The van der Waals surface area contributed by atoms with Crippen LogP contribution in [0.25, 0.3) is 0 Å². The molecule has 0 fully saturated rings. The number of nitrogens with one attached hydrogen (secondary N) is 1. The van der Waals surface area contributed by atoms with E-state index in [2.05, 4.69) is 21.2 Å². The predicted octanol–water partition coefficient (Wildman–Crippen LogP) is 3.29. The van der Waals surface area contributed by atoms with Crippen molar-refractivity contribution < 1.29 is 4.79 Å². The van der Waals surface area contributed by atoms with E-state index in [1.54, 1.807) is 0 Å². The Kier molecular flexibility index (Phi) is 3.55. The standard InChI is InChI=1S/C12H16BrNO/c1-8-5-6-9(7-10(8)13)11(15)14-12(2,3)4/h5-7H,1-4H3,(H,14,15). The molecule has 0 heterocycles. The molecule has 1 rings (SSSR count). The van der Waals surface area contributed by atoms with Crippen LogP contribution in [0.4, 0.5) is 0 Å². The largest absolute Gasteiger partial charge is 0.347 e. The molecule has 1 aromatic rings. The quantitative estimate of drug-likeness (QED) is 0.833. The van der Waals surface area contributed by atoms with Gasteiger partial charge in [-0.2, -0.15) is 0 Å². The maximum absolute atomic E-state index is 11.8. The van der Waals surface area contributed by atoms with Gasteiger partial charge in [-0.3, -0.25) is 4.79 Å². The zero-order valence-electron chi connectivity index (χ0n) is 9.52. The third-order valence-corrected chi connectivity index (χ3v) is 2.78. The van der Waals surface area contributed by atoms with Crippen molar-refractivity contribution in [2.24, 2.45) is 0 Å². The van der Waals surface area contributed by atoms with Crippen molar-refractivity contribution in [3.05, 3.63) is 33.8 Å². The van der Waals surface area contributed by atoms with E-state index in [0.717, 1.165) is 10.0 Å². The highest BCUT2D eigenvalue weighted by molar-refractivity contribution is 9.10. The van der Waals surface area contributed by atoms with Gasteiger partial charge in [0.15, 0.2) is 0 Å². The lowest BCUT2D eigenvalue weighted by atomic mass is 10.1. The Morgan fingerprint density at radius 2 is 1.93 bits per heavy atom. The number of aryl methyl sites for hydroxylation is 1. The van der Waals surface area contributed by atoms with Crippen LogP contribution >= 0.6 is 15.9 Å². The van der Waals surface area contributed by atoms with Crippen molar-refractivity contribution in [2.75, 3.05) is 0 Å². The second kappa shape index (κ2) is 4.35. The van der Waals surface area contributed by atoms with Crippen LogP contribution in [0.1, 0.15) is 36.7 Å². The van der Waals surface area contributed by atoms with Crippen LogP contribution in [-0.2, 0) is 0 Å². The average molecular weight is 270 g/mol. The first-order chi connectivity index (χ1) is 6.79. The molecular weight excluding hydrogens is 254 g/mol. The second-order valence-electron chi connectivity index (χ2n) is 4.67. The molecule has 0 unspecified atom stereocenters. The van der Waals surface area contributed by atoms with Crippen LogP contribution in [0.15, 0.2) is 22.7 Å². The molecule has 0 aromatic heterocycles. The summed E-state index contributed by atoms with van der Waals surface area (Å²) in [4.78, 5) is 11.8. The van der Waals surface area contributed by atoms with Gasteiger partial charge in [0.2, 0.25) is 0 Å². The van der Waals surface area contributed by atoms with E-state index < -0.39 is 0 Å². The number of hydrogen-bond donors (Lipinski definition) is 1. The van der Waals surface area contributed by atoms with E-state index in [4.69, 9.17) is 0 Å². The van der Waals surface area contributed by atoms with Crippen molar-refractivity contribution >= 4 is 21.8 Å². The van der Waals surface area contributed by atoms with Crippen LogP contribution in [0, 0.1) is 6.92 Å². The number of amides is 1. The van der Waals surface area contributed by atoms with Crippen molar-refractivity contribution in [1.29, 1.82) is 0 Å². The SMILES string of the molecule is Cc1ccc(C(=O)NC(C)(C)C)cc1Br. The highest BCUT2D eigenvalue weighted by Gasteiger charge is 2.15. The molecule has 0 saturated carbocycles. The van der Waals surface area contributed by atoms with E-state index in [9.17, 15) is 4.79 Å². The Bertz CT molecular complexity index is 380. The lowest BCUT2D eigenvalue weighted by Crippen LogP contribution is -2.40. The predicted molar refractivity (Wildman–Crippen MR) is 66.1 cm³/mol. The Balaban J connectivity index is 2.88. The van der Waals surface area contributed by atoms with Gasteiger partial charge >= 0.3 is 0 Å². The van der Waals surface area contributed by atoms with Gasteiger partial charge in [0.25, 0.3) is 5.91 Å². The normalized spacial score (nSPS) is 11.3. The first kappa shape index (κ1) is 12.2. The van der Waals surface area contributed by atoms with E-state index in [0.29, 0.717) is 5.56 Å². The van der Waals surface area contributed by atoms with Gasteiger partial charge in [-0.15, -0.1) is 0 Å². The molecule has 1 aromatic carbocycles. The van der Waals surface area contributed by atoms with Crippen LogP contribution < -0.4 is 5.32 Å². The summed E-state index contributed by atoms with van der Waals surface area (Å²) in [6.45, 7) is 7.89. The fourth-order valence-corrected chi connectivity index (χ4v) is 1.53. The van der Waals surface area contributed by atoms with Crippen molar-refractivity contribution in [1.82, 2.24) is 5.32 Å². The number of rotatable bonds is 1. The molecular formula is C12H16BrNO. The highest BCUT2D eigenvalue weighted by atomic mass is 79.9. The highest BCUT2D eigenvalue weighted by Crippen LogP contribution is 2.17. The van der Waals surface area contributed by atoms with Gasteiger partial charge in [0.05, 0.1) is 0 Å². The van der Waals surface area contributed by atoms with Crippen LogP contribution in [0.3, 0.4) is 0 Å². The maximum atomic E-state index is 11.8. The Labute approximate surface area is 99.2 Å².